The van der Waals surface area contributed by atoms with Crippen LogP contribution in [-0.4, -0.2) is 17.4 Å². The largest absolute Gasteiger partial charge is 0.459 e. The molecule has 5 nitrogen and oxygen atoms in total. The van der Waals surface area contributed by atoms with Crippen molar-refractivity contribution >= 4 is 5.91 Å². The van der Waals surface area contributed by atoms with Crippen LogP contribution >= 0.6 is 0 Å². The fourth-order valence-corrected chi connectivity index (χ4v) is 3.09. The van der Waals surface area contributed by atoms with E-state index in [0.717, 1.165) is 6.42 Å². The molecule has 5 heteroatoms. The molecule has 2 aromatic heterocycles. The maximum Gasteiger partial charge on any atom is 0.263 e. The van der Waals surface area contributed by atoms with Gasteiger partial charge in [-0.15, -0.1) is 0 Å². The van der Waals surface area contributed by atoms with Gasteiger partial charge in [0.1, 0.15) is 5.76 Å². The van der Waals surface area contributed by atoms with Gasteiger partial charge in [0.25, 0.3) is 5.89 Å². The third kappa shape index (κ3) is 2.73. The van der Waals surface area contributed by atoms with Crippen LogP contribution < -0.4 is 5.32 Å². The fraction of sp³-hybridized carbons (Fsp3) is 0.263. The molecule has 4 rings (SSSR count). The van der Waals surface area contributed by atoms with Crippen molar-refractivity contribution in [2.45, 2.75) is 25.7 Å². The average molecular weight is 322 g/mol. The maximum absolute atomic E-state index is 12.2. The molecule has 0 saturated carbocycles. The van der Waals surface area contributed by atoms with Gasteiger partial charge in [-0.25, -0.2) is 4.98 Å². The van der Waals surface area contributed by atoms with Crippen LogP contribution in [0.5, 0.6) is 0 Å². The van der Waals surface area contributed by atoms with E-state index in [0.29, 0.717) is 35.6 Å². The zero-order valence-corrected chi connectivity index (χ0v) is 13.4. The summed E-state index contributed by atoms with van der Waals surface area (Å²) in [6, 6.07) is 11.9. The van der Waals surface area contributed by atoms with Gasteiger partial charge in [-0.05, 0) is 36.6 Å². The minimum atomic E-state index is -0.0400. The number of oxazole rings is 1. The van der Waals surface area contributed by atoms with Crippen molar-refractivity contribution in [1.82, 2.24) is 10.3 Å². The first-order valence-corrected chi connectivity index (χ1v) is 8.05. The Kier molecular flexibility index (Phi) is 3.69. The summed E-state index contributed by atoms with van der Waals surface area (Å²) in [5, 5.41) is 3.00. The van der Waals surface area contributed by atoms with Crippen LogP contribution in [0.1, 0.15) is 28.5 Å². The minimum absolute atomic E-state index is 0.0400. The van der Waals surface area contributed by atoms with Crippen molar-refractivity contribution in [3.05, 3.63) is 65.2 Å². The molecule has 24 heavy (non-hydrogen) atoms. The summed E-state index contributed by atoms with van der Waals surface area (Å²) < 4.78 is 10.8. The van der Waals surface area contributed by atoms with E-state index in [1.54, 1.807) is 18.4 Å². The zero-order valence-electron chi connectivity index (χ0n) is 13.4. The number of fused-ring (bicyclic) bond motifs is 1. The molecule has 0 unspecified atom stereocenters. The Morgan fingerprint density at radius 3 is 2.96 bits per heavy atom. The van der Waals surface area contributed by atoms with E-state index < -0.39 is 0 Å². The van der Waals surface area contributed by atoms with Crippen LogP contribution in [0.4, 0.5) is 0 Å². The van der Waals surface area contributed by atoms with Crippen LogP contribution in [0.15, 0.2) is 51.5 Å². The van der Waals surface area contributed by atoms with Crippen LogP contribution in [0.2, 0.25) is 0 Å². The molecule has 1 aliphatic carbocycles. The summed E-state index contributed by atoms with van der Waals surface area (Å²) in [6.45, 7) is 2.47. The van der Waals surface area contributed by atoms with E-state index in [1.807, 2.05) is 13.0 Å². The highest BCUT2D eigenvalue weighted by Gasteiger charge is 2.25. The number of nitrogens with one attached hydrogen (secondary N) is 1. The van der Waals surface area contributed by atoms with Crippen molar-refractivity contribution < 1.29 is 13.6 Å². The number of benzene rings is 1. The number of aromatic nitrogens is 1. The summed E-state index contributed by atoms with van der Waals surface area (Å²) >= 11 is 0. The lowest BCUT2D eigenvalue weighted by Gasteiger charge is -2.30. The molecule has 1 amide bonds. The summed E-state index contributed by atoms with van der Waals surface area (Å²) in [6.07, 6.45) is 2.81. The molecule has 0 spiro atoms. The van der Waals surface area contributed by atoms with Crippen molar-refractivity contribution in [3.8, 4) is 11.7 Å². The van der Waals surface area contributed by atoms with Gasteiger partial charge in [0.05, 0.1) is 18.4 Å². The molecule has 0 aliphatic heterocycles. The molecule has 3 aromatic rings. The summed E-state index contributed by atoms with van der Waals surface area (Å²) in [5.74, 6) is 2.00. The lowest BCUT2D eigenvalue weighted by atomic mass is 9.77. The van der Waals surface area contributed by atoms with E-state index >= 15 is 0 Å². The third-order valence-electron chi connectivity index (χ3n) is 4.46. The topological polar surface area (TPSA) is 68.3 Å². The number of amides is 1. The number of nitrogens with zero attached hydrogens (tertiary/aromatic N) is 1. The van der Waals surface area contributed by atoms with Gasteiger partial charge in [0.2, 0.25) is 5.91 Å². The quantitative estimate of drug-likeness (QED) is 0.783. The second kappa shape index (κ2) is 6.00. The summed E-state index contributed by atoms with van der Waals surface area (Å²) in [4.78, 5) is 16.6. The Labute approximate surface area is 139 Å². The number of aryl methyl sites for hydroxylation is 1. The van der Waals surface area contributed by atoms with E-state index in [1.165, 1.54) is 11.1 Å². The first kappa shape index (κ1) is 14.8. The molecular weight excluding hydrogens is 304 g/mol. The van der Waals surface area contributed by atoms with Crippen LogP contribution in [0.3, 0.4) is 0 Å². The monoisotopic (exact) mass is 322 g/mol. The first-order valence-electron chi connectivity index (χ1n) is 8.05. The molecular formula is C19H18N2O3. The molecule has 0 fully saturated rings. The fourth-order valence-electron chi connectivity index (χ4n) is 3.09. The second-order valence-corrected chi connectivity index (χ2v) is 6.08. The lowest BCUT2D eigenvalue weighted by molar-refractivity contribution is -0.120. The highest BCUT2D eigenvalue weighted by atomic mass is 16.4. The lowest BCUT2D eigenvalue weighted by Crippen LogP contribution is -2.34. The molecule has 0 saturated heterocycles. The summed E-state index contributed by atoms with van der Waals surface area (Å²) in [5.41, 5.74) is 3.37. The molecule has 1 atom stereocenters. The van der Waals surface area contributed by atoms with E-state index in [9.17, 15) is 4.79 Å². The Hall–Kier alpha value is -2.82. The van der Waals surface area contributed by atoms with Crippen molar-refractivity contribution in [2.75, 3.05) is 6.54 Å². The van der Waals surface area contributed by atoms with Crippen molar-refractivity contribution in [2.24, 2.45) is 0 Å². The molecule has 2 heterocycles. The Morgan fingerprint density at radius 2 is 2.17 bits per heavy atom. The van der Waals surface area contributed by atoms with E-state index in [4.69, 9.17) is 8.83 Å². The first-order chi connectivity index (χ1) is 11.7. The van der Waals surface area contributed by atoms with Crippen molar-refractivity contribution in [1.29, 1.82) is 0 Å². The highest BCUT2D eigenvalue weighted by Crippen LogP contribution is 2.34. The molecule has 1 aliphatic rings. The average Bonchev–Trinajstić information content (AvgIpc) is 3.19. The molecule has 1 aromatic carbocycles. The predicted molar refractivity (Wildman–Crippen MR) is 88.5 cm³/mol. The summed E-state index contributed by atoms with van der Waals surface area (Å²) in [7, 11) is 0. The number of rotatable bonds is 5. The van der Waals surface area contributed by atoms with E-state index in [2.05, 4.69) is 28.5 Å². The molecule has 1 N–H and O–H groups in total. The van der Waals surface area contributed by atoms with Gasteiger partial charge >= 0.3 is 0 Å². The molecule has 122 valence electrons. The number of carbonyl (C=O) groups excluding carboxylic acids is 1. The van der Waals surface area contributed by atoms with Crippen molar-refractivity contribution in [3.63, 3.8) is 0 Å². The van der Waals surface area contributed by atoms with Crippen LogP contribution in [-0.2, 0) is 17.6 Å². The number of carbonyl (C=O) groups is 1. The van der Waals surface area contributed by atoms with Gasteiger partial charge in [-0.1, -0.05) is 24.3 Å². The zero-order chi connectivity index (χ0) is 16.5. The molecule has 0 bridgehead atoms. The number of hydrogen-bond acceptors (Lipinski definition) is 4. The van der Waals surface area contributed by atoms with Gasteiger partial charge in [-0.2, -0.15) is 0 Å². The van der Waals surface area contributed by atoms with Gasteiger partial charge in [0, 0.05) is 12.5 Å². The normalized spacial score (nSPS) is 15.6. The SMILES string of the molecule is Cc1oc(-c2ccco2)nc1CC(=O)NC[C@H]1Cc2ccccc21. The Bertz CT molecular complexity index is 865. The third-order valence-corrected chi connectivity index (χ3v) is 4.46. The Balaban J connectivity index is 1.35. The number of hydrogen-bond donors (Lipinski definition) is 1. The Morgan fingerprint density at radius 1 is 1.29 bits per heavy atom. The standard InChI is InChI=1S/C19H18N2O3/c1-12-16(21-19(24-12)17-7-4-8-23-17)10-18(22)20-11-14-9-13-5-2-3-6-15(13)14/h2-8,14H,9-11H2,1H3,(H,20,22)/t14-/m1/s1. The smallest absolute Gasteiger partial charge is 0.263 e. The minimum Gasteiger partial charge on any atom is -0.459 e. The van der Waals surface area contributed by atoms with Gasteiger partial charge < -0.3 is 14.2 Å². The highest BCUT2D eigenvalue weighted by molar-refractivity contribution is 5.78. The van der Waals surface area contributed by atoms with E-state index in [-0.39, 0.29) is 12.3 Å². The van der Waals surface area contributed by atoms with Gasteiger partial charge in [0.15, 0.2) is 5.76 Å². The van der Waals surface area contributed by atoms with Crippen LogP contribution in [0.25, 0.3) is 11.7 Å². The predicted octanol–water partition coefficient (Wildman–Crippen LogP) is 3.24. The second-order valence-electron chi connectivity index (χ2n) is 6.08. The van der Waals surface area contributed by atoms with Gasteiger partial charge in [-0.3, -0.25) is 4.79 Å². The maximum atomic E-state index is 12.2. The van der Waals surface area contributed by atoms with Crippen LogP contribution in [0, 0.1) is 6.92 Å². The molecule has 0 radical (unpaired) electrons. The number of furan rings is 1.